The number of fused-ring (bicyclic) bond motifs is 3. The molecule has 1 aliphatic rings. The molecule has 0 spiro atoms. The van der Waals surface area contributed by atoms with Crippen LogP contribution in [-0.4, -0.2) is 31.8 Å². The summed E-state index contributed by atoms with van der Waals surface area (Å²) < 4.78 is 10.2. The molecule has 0 aliphatic carbocycles. The van der Waals surface area contributed by atoms with Crippen LogP contribution in [0.2, 0.25) is 0 Å². The van der Waals surface area contributed by atoms with Gasteiger partial charge in [0.15, 0.2) is 11.2 Å². The summed E-state index contributed by atoms with van der Waals surface area (Å²) in [6.45, 7) is 12.0. The van der Waals surface area contributed by atoms with E-state index in [1.54, 1.807) is 14.0 Å². The SMILES string of the molecule is C=C(C)Cn1c(=O)c2c(nc3n2C[C@@H](C)CN3c2ccc(OCC)cc2)n(C)c1=O. The Kier molecular flexibility index (Phi) is 5.01. The zero-order valence-corrected chi connectivity index (χ0v) is 17.9. The molecule has 2 aromatic heterocycles. The Hall–Kier alpha value is -3.29. The maximum atomic E-state index is 13.2. The first kappa shape index (κ1) is 20.0. The maximum absolute atomic E-state index is 13.2. The molecule has 1 atom stereocenters. The van der Waals surface area contributed by atoms with Crippen LogP contribution in [0, 0.1) is 5.92 Å². The van der Waals surface area contributed by atoms with Gasteiger partial charge in [0, 0.05) is 25.8 Å². The quantitative estimate of drug-likeness (QED) is 0.606. The molecule has 30 heavy (non-hydrogen) atoms. The predicted octanol–water partition coefficient (Wildman–Crippen LogP) is 2.66. The number of allylic oxidation sites excluding steroid dienone is 1. The van der Waals surface area contributed by atoms with Crippen LogP contribution in [0.4, 0.5) is 11.6 Å². The highest BCUT2D eigenvalue weighted by molar-refractivity contribution is 5.77. The van der Waals surface area contributed by atoms with Crippen molar-refractivity contribution in [2.24, 2.45) is 13.0 Å². The first-order valence-corrected chi connectivity index (χ1v) is 10.2. The third-order valence-corrected chi connectivity index (χ3v) is 5.33. The summed E-state index contributed by atoms with van der Waals surface area (Å²) in [5, 5.41) is 0. The average Bonchev–Trinajstić information content (AvgIpc) is 3.09. The van der Waals surface area contributed by atoms with Crippen LogP contribution in [0.1, 0.15) is 20.8 Å². The standard InChI is InChI=1S/C22H27N5O3/c1-6-30-17-9-7-16(8-10-17)25-12-15(4)13-26-18-19(23-21(25)26)24(5)22(29)27(20(18)28)11-14(2)3/h7-10,15H,2,6,11-13H2,1,3-5H3/t15-/m0/s1. The second-order valence-electron chi connectivity index (χ2n) is 8.03. The molecule has 0 saturated carbocycles. The van der Waals surface area contributed by atoms with Gasteiger partial charge in [0.1, 0.15) is 5.75 Å². The van der Waals surface area contributed by atoms with Gasteiger partial charge in [0.05, 0.1) is 13.2 Å². The van der Waals surface area contributed by atoms with Crippen LogP contribution in [0.3, 0.4) is 0 Å². The lowest BCUT2D eigenvalue weighted by Crippen LogP contribution is -2.40. The smallest absolute Gasteiger partial charge is 0.332 e. The fourth-order valence-corrected chi connectivity index (χ4v) is 4.02. The number of hydrogen-bond acceptors (Lipinski definition) is 5. The van der Waals surface area contributed by atoms with Crippen LogP contribution in [0.5, 0.6) is 5.75 Å². The zero-order valence-electron chi connectivity index (χ0n) is 17.9. The molecule has 4 rings (SSSR count). The number of imidazole rings is 1. The lowest BCUT2D eigenvalue weighted by Gasteiger charge is -2.33. The van der Waals surface area contributed by atoms with Crippen molar-refractivity contribution in [3.05, 3.63) is 57.3 Å². The van der Waals surface area contributed by atoms with Gasteiger partial charge in [0.2, 0.25) is 5.95 Å². The van der Waals surface area contributed by atoms with Gasteiger partial charge in [-0.3, -0.25) is 13.9 Å². The van der Waals surface area contributed by atoms with E-state index < -0.39 is 0 Å². The first-order valence-electron chi connectivity index (χ1n) is 10.2. The molecule has 0 amide bonds. The third kappa shape index (κ3) is 3.22. The van der Waals surface area contributed by atoms with E-state index in [1.807, 2.05) is 35.8 Å². The minimum absolute atomic E-state index is 0.195. The van der Waals surface area contributed by atoms with E-state index in [4.69, 9.17) is 9.72 Å². The summed E-state index contributed by atoms with van der Waals surface area (Å²) >= 11 is 0. The molecule has 3 aromatic rings. The van der Waals surface area contributed by atoms with E-state index in [2.05, 4.69) is 18.4 Å². The molecular weight excluding hydrogens is 382 g/mol. The lowest BCUT2D eigenvalue weighted by atomic mass is 10.1. The van der Waals surface area contributed by atoms with Crippen molar-refractivity contribution in [3.63, 3.8) is 0 Å². The van der Waals surface area contributed by atoms with Crippen LogP contribution < -0.4 is 20.9 Å². The molecule has 1 aliphatic heterocycles. The fraction of sp³-hybridized carbons (Fsp3) is 0.409. The van der Waals surface area contributed by atoms with E-state index in [9.17, 15) is 9.59 Å². The average molecular weight is 409 g/mol. The summed E-state index contributed by atoms with van der Waals surface area (Å²) in [7, 11) is 1.66. The highest BCUT2D eigenvalue weighted by atomic mass is 16.5. The normalized spacial score (nSPS) is 16.0. The van der Waals surface area contributed by atoms with Gasteiger partial charge in [-0.05, 0) is 44.0 Å². The van der Waals surface area contributed by atoms with Crippen LogP contribution in [0.25, 0.3) is 11.2 Å². The Balaban J connectivity index is 1.92. The van der Waals surface area contributed by atoms with Gasteiger partial charge in [-0.2, -0.15) is 4.98 Å². The van der Waals surface area contributed by atoms with Gasteiger partial charge in [-0.15, -0.1) is 0 Å². The summed E-state index contributed by atoms with van der Waals surface area (Å²) in [6, 6.07) is 7.84. The van der Waals surface area contributed by atoms with Crippen LogP contribution in [-0.2, 0) is 20.1 Å². The number of anilines is 2. The topological polar surface area (TPSA) is 74.3 Å². The molecule has 0 saturated heterocycles. The second-order valence-corrected chi connectivity index (χ2v) is 8.03. The highest BCUT2D eigenvalue weighted by Crippen LogP contribution is 2.33. The van der Waals surface area contributed by atoms with Crippen molar-refractivity contribution in [1.82, 2.24) is 18.7 Å². The Morgan fingerprint density at radius 3 is 2.57 bits per heavy atom. The number of aromatic nitrogens is 4. The van der Waals surface area contributed by atoms with Crippen LogP contribution >= 0.6 is 0 Å². The number of nitrogens with zero attached hydrogens (tertiary/aromatic N) is 5. The molecule has 0 radical (unpaired) electrons. The number of ether oxygens (including phenoxy) is 1. The molecule has 0 unspecified atom stereocenters. The molecule has 8 heteroatoms. The van der Waals surface area contributed by atoms with Crippen molar-refractivity contribution in [1.29, 1.82) is 0 Å². The van der Waals surface area contributed by atoms with Gasteiger partial charge >= 0.3 is 5.69 Å². The van der Waals surface area contributed by atoms with E-state index in [1.165, 1.54) is 9.13 Å². The summed E-state index contributed by atoms with van der Waals surface area (Å²) in [6.07, 6.45) is 0. The number of rotatable bonds is 5. The van der Waals surface area contributed by atoms with E-state index in [0.717, 1.165) is 23.6 Å². The highest BCUT2D eigenvalue weighted by Gasteiger charge is 2.29. The minimum Gasteiger partial charge on any atom is -0.494 e. The van der Waals surface area contributed by atoms with E-state index in [0.29, 0.717) is 36.2 Å². The van der Waals surface area contributed by atoms with Crippen molar-refractivity contribution in [2.75, 3.05) is 18.1 Å². The van der Waals surface area contributed by atoms with Crippen LogP contribution in [0.15, 0.2) is 46.0 Å². The zero-order chi connectivity index (χ0) is 21.6. The van der Waals surface area contributed by atoms with Gasteiger partial charge in [0.25, 0.3) is 5.56 Å². The van der Waals surface area contributed by atoms with Gasteiger partial charge in [-0.25, -0.2) is 4.79 Å². The van der Waals surface area contributed by atoms with E-state index in [-0.39, 0.29) is 17.8 Å². The summed E-state index contributed by atoms with van der Waals surface area (Å²) in [5.41, 5.74) is 1.87. The van der Waals surface area contributed by atoms with Crippen molar-refractivity contribution in [3.8, 4) is 5.75 Å². The Morgan fingerprint density at radius 1 is 1.23 bits per heavy atom. The number of hydrogen-bond donors (Lipinski definition) is 0. The Bertz CT molecular complexity index is 1230. The molecule has 158 valence electrons. The van der Waals surface area contributed by atoms with Crippen molar-refractivity contribution < 1.29 is 4.74 Å². The van der Waals surface area contributed by atoms with Crippen molar-refractivity contribution >= 4 is 22.8 Å². The lowest BCUT2D eigenvalue weighted by molar-refractivity contribution is 0.340. The molecule has 0 fully saturated rings. The van der Waals surface area contributed by atoms with Crippen molar-refractivity contribution in [2.45, 2.75) is 33.9 Å². The maximum Gasteiger partial charge on any atom is 0.332 e. The largest absolute Gasteiger partial charge is 0.494 e. The summed E-state index contributed by atoms with van der Waals surface area (Å²) in [4.78, 5) is 32.8. The third-order valence-electron chi connectivity index (χ3n) is 5.33. The molecule has 1 aromatic carbocycles. The minimum atomic E-state index is -0.383. The second kappa shape index (κ2) is 7.51. The molecule has 0 bridgehead atoms. The molecule has 8 nitrogen and oxygen atoms in total. The van der Waals surface area contributed by atoms with Gasteiger partial charge < -0.3 is 14.2 Å². The number of aryl methyl sites for hydroxylation is 1. The monoisotopic (exact) mass is 409 g/mol. The van der Waals surface area contributed by atoms with Gasteiger partial charge in [-0.1, -0.05) is 19.1 Å². The predicted molar refractivity (Wildman–Crippen MR) is 118 cm³/mol. The number of benzene rings is 1. The first-order chi connectivity index (χ1) is 14.3. The molecular formula is C22H27N5O3. The van der Waals surface area contributed by atoms with E-state index >= 15 is 0 Å². The fourth-order valence-electron chi connectivity index (χ4n) is 4.02. The Labute approximate surface area is 174 Å². The molecule has 3 heterocycles. The summed E-state index contributed by atoms with van der Waals surface area (Å²) in [5.74, 6) is 1.78. The molecule has 0 N–H and O–H groups in total. The Morgan fingerprint density at radius 2 is 1.93 bits per heavy atom.